The maximum absolute atomic E-state index is 14.1. The standard InChI is InChI=1S/C32H45N7O2/c1-21-7-5-6-10-26(21)27(19-22-11-13-25(14-12-22)29(33)34)30(40)38-28(24-8-3-2-4-9-24)31(41)37-20-23-15-17-39(18-16-23)32(35)36/h5-7,10-14,23-24,27-28H,2-4,8-9,15-20H2,1H3,(H3,33,34)(H3,35,36)(H,37,41)(H,38,40)/t27-,28?/m1/s1. The van der Waals surface area contributed by atoms with Crippen molar-refractivity contribution in [2.45, 2.75) is 70.3 Å². The van der Waals surface area contributed by atoms with Crippen molar-refractivity contribution in [3.8, 4) is 0 Å². The molecule has 1 saturated carbocycles. The minimum atomic E-state index is -0.577. The molecule has 2 aliphatic rings. The first-order valence-electron chi connectivity index (χ1n) is 14.9. The Morgan fingerprint density at radius 3 is 2.20 bits per heavy atom. The van der Waals surface area contributed by atoms with Gasteiger partial charge in [0.25, 0.3) is 0 Å². The van der Waals surface area contributed by atoms with Crippen molar-refractivity contribution in [1.29, 1.82) is 10.8 Å². The molecule has 1 unspecified atom stereocenters. The predicted molar refractivity (Wildman–Crippen MR) is 163 cm³/mol. The molecule has 1 aliphatic heterocycles. The topological polar surface area (TPSA) is 161 Å². The molecule has 4 rings (SSSR count). The van der Waals surface area contributed by atoms with Crippen LogP contribution >= 0.6 is 0 Å². The Kier molecular flexibility index (Phi) is 10.4. The molecule has 2 aromatic carbocycles. The number of guanidine groups is 1. The lowest BCUT2D eigenvalue weighted by Gasteiger charge is -2.34. The molecule has 1 aliphatic carbocycles. The number of piperidine rings is 1. The highest BCUT2D eigenvalue weighted by atomic mass is 16.2. The fraction of sp³-hybridized carbons (Fsp3) is 0.500. The molecule has 1 heterocycles. The number of aryl methyl sites for hydroxylation is 1. The van der Waals surface area contributed by atoms with Gasteiger partial charge < -0.3 is 27.0 Å². The molecule has 8 N–H and O–H groups in total. The van der Waals surface area contributed by atoms with Crippen LogP contribution in [0.3, 0.4) is 0 Å². The number of amides is 2. The molecule has 1 saturated heterocycles. The first kappa shape index (κ1) is 30.1. The van der Waals surface area contributed by atoms with Crippen molar-refractivity contribution < 1.29 is 9.59 Å². The first-order valence-corrected chi connectivity index (χ1v) is 14.9. The summed E-state index contributed by atoms with van der Waals surface area (Å²) in [6, 6.07) is 14.8. The molecule has 220 valence electrons. The van der Waals surface area contributed by atoms with Crippen LogP contribution in [0, 0.1) is 29.6 Å². The molecule has 2 amide bonds. The number of carbonyl (C=O) groups is 2. The molecule has 0 radical (unpaired) electrons. The molecular weight excluding hydrogens is 514 g/mol. The van der Waals surface area contributed by atoms with Crippen LogP contribution in [0.25, 0.3) is 0 Å². The summed E-state index contributed by atoms with van der Waals surface area (Å²) < 4.78 is 0. The lowest BCUT2D eigenvalue weighted by molar-refractivity contribution is -0.131. The summed E-state index contributed by atoms with van der Waals surface area (Å²) in [7, 11) is 0. The van der Waals surface area contributed by atoms with Gasteiger partial charge in [0, 0.05) is 25.2 Å². The Morgan fingerprint density at radius 1 is 0.927 bits per heavy atom. The summed E-state index contributed by atoms with van der Waals surface area (Å²) in [5.74, 6) is -0.158. The third-order valence-electron chi connectivity index (χ3n) is 8.81. The molecule has 0 bridgehead atoms. The van der Waals surface area contributed by atoms with E-state index < -0.39 is 12.0 Å². The number of nitrogens with two attached hydrogens (primary N) is 2. The average molecular weight is 560 g/mol. The number of amidine groups is 1. The average Bonchev–Trinajstić information content (AvgIpc) is 2.98. The molecule has 2 atom stereocenters. The van der Waals surface area contributed by atoms with Gasteiger partial charge in [0.2, 0.25) is 11.8 Å². The van der Waals surface area contributed by atoms with E-state index in [4.69, 9.17) is 22.3 Å². The Labute approximate surface area is 243 Å². The van der Waals surface area contributed by atoms with E-state index in [1.54, 1.807) is 0 Å². The Morgan fingerprint density at radius 2 is 1.59 bits per heavy atom. The summed E-state index contributed by atoms with van der Waals surface area (Å²) in [5.41, 5.74) is 14.9. The second kappa shape index (κ2) is 14.1. The first-order chi connectivity index (χ1) is 19.7. The monoisotopic (exact) mass is 559 g/mol. The van der Waals surface area contributed by atoms with Crippen LogP contribution in [-0.4, -0.2) is 54.2 Å². The van der Waals surface area contributed by atoms with E-state index >= 15 is 0 Å². The molecule has 9 heteroatoms. The van der Waals surface area contributed by atoms with Crippen molar-refractivity contribution >= 4 is 23.6 Å². The summed E-state index contributed by atoms with van der Waals surface area (Å²) in [6.45, 7) is 4.03. The Balaban J connectivity index is 1.50. The fourth-order valence-electron chi connectivity index (χ4n) is 6.23. The van der Waals surface area contributed by atoms with E-state index in [9.17, 15) is 9.59 Å². The van der Waals surface area contributed by atoms with Gasteiger partial charge >= 0.3 is 0 Å². The summed E-state index contributed by atoms with van der Waals surface area (Å²) >= 11 is 0. The molecule has 0 spiro atoms. The number of nitrogens with zero attached hydrogens (tertiary/aromatic N) is 1. The van der Waals surface area contributed by atoms with E-state index in [0.717, 1.165) is 74.7 Å². The molecule has 2 aromatic rings. The molecule has 9 nitrogen and oxygen atoms in total. The number of nitrogen functional groups attached to an aromatic ring is 1. The fourth-order valence-corrected chi connectivity index (χ4v) is 6.23. The van der Waals surface area contributed by atoms with Crippen molar-refractivity contribution in [2.75, 3.05) is 19.6 Å². The number of carbonyl (C=O) groups excluding carboxylic acids is 2. The van der Waals surface area contributed by atoms with Crippen LogP contribution in [0.15, 0.2) is 48.5 Å². The predicted octanol–water partition coefficient (Wildman–Crippen LogP) is 3.39. The zero-order chi connectivity index (χ0) is 29.4. The van der Waals surface area contributed by atoms with Gasteiger partial charge in [-0.3, -0.25) is 20.4 Å². The summed E-state index contributed by atoms with van der Waals surface area (Å²) in [4.78, 5) is 29.6. The Bertz CT molecular complexity index is 1210. The maximum Gasteiger partial charge on any atom is 0.242 e. The lowest BCUT2D eigenvalue weighted by Crippen LogP contribution is -2.53. The van der Waals surface area contributed by atoms with Gasteiger partial charge in [-0.15, -0.1) is 0 Å². The smallest absolute Gasteiger partial charge is 0.242 e. The van der Waals surface area contributed by atoms with Crippen LogP contribution in [0.1, 0.15) is 73.1 Å². The van der Waals surface area contributed by atoms with Gasteiger partial charge in [-0.05, 0) is 67.6 Å². The van der Waals surface area contributed by atoms with Crippen LogP contribution in [0.4, 0.5) is 0 Å². The number of likely N-dealkylation sites (tertiary alicyclic amines) is 1. The van der Waals surface area contributed by atoms with Crippen molar-refractivity contribution in [3.63, 3.8) is 0 Å². The third-order valence-corrected chi connectivity index (χ3v) is 8.81. The highest BCUT2D eigenvalue weighted by molar-refractivity contribution is 5.95. The van der Waals surface area contributed by atoms with Crippen molar-refractivity contribution in [2.24, 2.45) is 23.3 Å². The molecule has 2 fully saturated rings. The second-order valence-electron chi connectivity index (χ2n) is 11.7. The minimum Gasteiger partial charge on any atom is -0.384 e. The lowest BCUT2D eigenvalue weighted by atomic mass is 9.82. The number of hydrogen-bond donors (Lipinski definition) is 6. The van der Waals surface area contributed by atoms with E-state index in [1.807, 2.05) is 60.4 Å². The quantitative estimate of drug-likeness (QED) is 0.194. The largest absolute Gasteiger partial charge is 0.384 e. The van der Waals surface area contributed by atoms with Crippen molar-refractivity contribution in [3.05, 3.63) is 70.8 Å². The highest BCUT2D eigenvalue weighted by Crippen LogP contribution is 2.29. The maximum atomic E-state index is 14.1. The SMILES string of the molecule is Cc1ccccc1[C@@H](Cc1ccc(C(=N)N)cc1)C(=O)NC(C(=O)NCC1CCN(C(=N)N)CC1)C1CCCCC1. The second-order valence-corrected chi connectivity index (χ2v) is 11.7. The van der Waals surface area contributed by atoms with Gasteiger partial charge in [-0.1, -0.05) is 67.8 Å². The van der Waals surface area contributed by atoms with Crippen LogP contribution in [-0.2, 0) is 16.0 Å². The van der Waals surface area contributed by atoms with Gasteiger partial charge in [-0.25, -0.2) is 0 Å². The third kappa shape index (κ3) is 8.08. The summed E-state index contributed by atoms with van der Waals surface area (Å²) in [6.07, 6.45) is 7.37. The number of rotatable bonds is 10. The molecular formula is C32H45N7O2. The van der Waals surface area contributed by atoms with Crippen LogP contribution in [0.2, 0.25) is 0 Å². The molecule has 0 aromatic heterocycles. The van der Waals surface area contributed by atoms with E-state index in [-0.39, 0.29) is 29.5 Å². The van der Waals surface area contributed by atoms with Gasteiger partial charge in [0.1, 0.15) is 11.9 Å². The number of nitrogens with one attached hydrogen (secondary N) is 4. The van der Waals surface area contributed by atoms with Crippen LogP contribution < -0.4 is 22.1 Å². The van der Waals surface area contributed by atoms with E-state index in [1.165, 1.54) is 0 Å². The number of benzene rings is 2. The van der Waals surface area contributed by atoms with Gasteiger partial charge in [0.05, 0.1) is 5.92 Å². The zero-order valence-corrected chi connectivity index (χ0v) is 24.1. The minimum absolute atomic E-state index is 0.00971. The Hall–Kier alpha value is -3.88. The van der Waals surface area contributed by atoms with Crippen LogP contribution in [0.5, 0.6) is 0 Å². The summed E-state index contributed by atoms with van der Waals surface area (Å²) in [5, 5.41) is 21.7. The number of hydrogen-bond acceptors (Lipinski definition) is 4. The van der Waals surface area contributed by atoms with Gasteiger partial charge in [-0.2, -0.15) is 0 Å². The highest BCUT2D eigenvalue weighted by Gasteiger charge is 2.34. The zero-order valence-electron chi connectivity index (χ0n) is 24.1. The normalized spacial score (nSPS) is 17.8. The van der Waals surface area contributed by atoms with E-state index in [2.05, 4.69) is 10.6 Å². The van der Waals surface area contributed by atoms with Gasteiger partial charge in [0.15, 0.2) is 5.96 Å². The molecule has 41 heavy (non-hydrogen) atoms. The van der Waals surface area contributed by atoms with Crippen molar-refractivity contribution in [1.82, 2.24) is 15.5 Å². The van der Waals surface area contributed by atoms with E-state index in [0.29, 0.717) is 24.4 Å².